The average Bonchev–Trinajstić information content (AvgIpc) is 2.17. The minimum absolute atomic E-state index is 0.364. The zero-order valence-corrected chi connectivity index (χ0v) is 9.75. The van der Waals surface area contributed by atoms with Crippen LogP contribution in [0.5, 0.6) is 0 Å². The second-order valence-corrected chi connectivity index (χ2v) is 4.79. The summed E-state index contributed by atoms with van der Waals surface area (Å²) in [6.07, 6.45) is 2.88. The molecule has 0 atom stereocenters. The third kappa shape index (κ3) is 3.41. The third-order valence-corrected chi connectivity index (χ3v) is 3.01. The van der Waals surface area contributed by atoms with Gasteiger partial charge in [0.2, 0.25) is 0 Å². The molecule has 1 rings (SSSR count). The summed E-state index contributed by atoms with van der Waals surface area (Å²) >= 11 is 0. The van der Waals surface area contributed by atoms with E-state index in [1.165, 1.54) is 6.54 Å². The molecule has 1 saturated heterocycles. The highest BCUT2D eigenvalue weighted by molar-refractivity contribution is 5.80. The van der Waals surface area contributed by atoms with Crippen molar-refractivity contribution in [1.82, 2.24) is 4.90 Å². The Bertz CT molecular complexity index is 181. The van der Waals surface area contributed by atoms with Gasteiger partial charge in [0, 0.05) is 18.9 Å². The van der Waals surface area contributed by atoms with E-state index in [1.54, 1.807) is 0 Å². The smallest absolute Gasteiger partial charge is 0.135 e. The molecule has 0 saturated carbocycles. The van der Waals surface area contributed by atoms with Crippen molar-refractivity contribution in [3.8, 4) is 0 Å². The Hall–Kier alpha value is -0.370. The van der Waals surface area contributed by atoms with Crippen molar-refractivity contribution in [2.45, 2.75) is 40.0 Å². The molecule has 2 heteroatoms. The fourth-order valence-electron chi connectivity index (χ4n) is 2.24. The minimum Gasteiger partial charge on any atom is -0.303 e. The first-order chi connectivity index (χ1) is 6.63. The maximum atomic E-state index is 11.5. The van der Waals surface area contributed by atoms with Crippen LogP contribution in [0.4, 0.5) is 0 Å². The van der Waals surface area contributed by atoms with E-state index in [0.717, 1.165) is 38.3 Å². The number of nitrogens with zero attached hydrogens (tertiary/aromatic N) is 1. The molecule has 2 nitrogen and oxygen atoms in total. The molecule has 1 fully saturated rings. The highest BCUT2D eigenvalue weighted by Gasteiger charge is 2.23. The molecule has 0 aromatic carbocycles. The summed E-state index contributed by atoms with van der Waals surface area (Å²) < 4.78 is 0. The van der Waals surface area contributed by atoms with Gasteiger partial charge in [-0.25, -0.2) is 0 Å². The first-order valence-electron chi connectivity index (χ1n) is 5.88. The lowest BCUT2D eigenvalue weighted by molar-refractivity contribution is -0.124. The summed E-state index contributed by atoms with van der Waals surface area (Å²) in [4.78, 5) is 14.0. The number of carbonyl (C=O) groups excluding carboxylic acids is 1. The Morgan fingerprint density at radius 3 is 2.36 bits per heavy atom. The number of ketones is 1. The second kappa shape index (κ2) is 5.50. The van der Waals surface area contributed by atoms with Crippen molar-refractivity contribution >= 4 is 5.78 Å². The van der Waals surface area contributed by atoms with E-state index in [4.69, 9.17) is 0 Å². The van der Waals surface area contributed by atoms with Gasteiger partial charge in [0.05, 0.1) is 0 Å². The summed E-state index contributed by atoms with van der Waals surface area (Å²) in [7, 11) is 0. The lowest BCUT2D eigenvalue weighted by atomic mass is 9.91. The predicted molar refractivity (Wildman–Crippen MR) is 59.3 cm³/mol. The Kier molecular flexibility index (Phi) is 4.59. The van der Waals surface area contributed by atoms with Gasteiger partial charge in [-0.3, -0.25) is 4.79 Å². The molecule has 0 aliphatic carbocycles. The van der Waals surface area contributed by atoms with E-state index in [9.17, 15) is 4.79 Å². The molecule has 0 radical (unpaired) electrons. The van der Waals surface area contributed by atoms with Crippen molar-refractivity contribution in [3.63, 3.8) is 0 Å². The molecule has 14 heavy (non-hydrogen) atoms. The summed E-state index contributed by atoms with van der Waals surface area (Å²) in [6.45, 7) is 9.91. The lowest BCUT2D eigenvalue weighted by Gasteiger charge is -2.32. The quantitative estimate of drug-likeness (QED) is 0.689. The first kappa shape index (κ1) is 11.7. The fraction of sp³-hybridized carbons (Fsp3) is 0.917. The van der Waals surface area contributed by atoms with Gasteiger partial charge < -0.3 is 4.90 Å². The van der Waals surface area contributed by atoms with Gasteiger partial charge in [-0.1, -0.05) is 20.8 Å². The highest BCUT2D eigenvalue weighted by Crippen LogP contribution is 2.19. The van der Waals surface area contributed by atoms with Gasteiger partial charge in [-0.05, 0) is 31.8 Å². The molecule has 1 aliphatic rings. The van der Waals surface area contributed by atoms with Crippen LogP contribution in [0.1, 0.15) is 40.0 Å². The van der Waals surface area contributed by atoms with Gasteiger partial charge in [0.1, 0.15) is 5.78 Å². The largest absolute Gasteiger partial charge is 0.303 e. The van der Waals surface area contributed by atoms with Crippen LogP contribution in [0.15, 0.2) is 0 Å². The molecule has 1 aliphatic heterocycles. The van der Waals surface area contributed by atoms with Crippen LogP contribution in [-0.4, -0.2) is 30.3 Å². The van der Waals surface area contributed by atoms with E-state index >= 15 is 0 Å². The molecule has 0 aromatic rings. The van der Waals surface area contributed by atoms with Crippen molar-refractivity contribution < 1.29 is 4.79 Å². The normalized spacial score (nSPS) is 20.3. The molecule has 0 N–H and O–H groups in total. The Morgan fingerprint density at radius 2 is 1.93 bits per heavy atom. The molecular weight excluding hydrogens is 174 g/mol. The monoisotopic (exact) mass is 197 g/mol. The van der Waals surface area contributed by atoms with Gasteiger partial charge in [-0.2, -0.15) is 0 Å². The molecule has 1 heterocycles. The van der Waals surface area contributed by atoms with E-state index < -0.39 is 0 Å². The fourth-order valence-corrected chi connectivity index (χ4v) is 2.24. The second-order valence-electron chi connectivity index (χ2n) is 4.79. The molecule has 0 bridgehead atoms. The Balaban J connectivity index is 2.27. The SMILES string of the molecule is CCC(=O)C1CCN(CC(C)C)CC1. The van der Waals surface area contributed by atoms with E-state index in [2.05, 4.69) is 18.7 Å². The lowest BCUT2D eigenvalue weighted by Crippen LogP contribution is -2.38. The van der Waals surface area contributed by atoms with Crippen molar-refractivity contribution in [1.29, 1.82) is 0 Å². The number of rotatable bonds is 4. The predicted octanol–water partition coefficient (Wildman–Crippen LogP) is 2.33. The van der Waals surface area contributed by atoms with Crippen LogP contribution in [0.2, 0.25) is 0 Å². The summed E-state index contributed by atoms with van der Waals surface area (Å²) in [6, 6.07) is 0. The maximum Gasteiger partial charge on any atom is 0.135 e. The zero-order valence-electron chi connectivity index (χ0n) is 9.75. The van der Waals surface area contributed by atoms with Gasteiger partial charge in [0.25, 0.3) is 0 Å². The standard InChI is InChI=1S/C12H23NO/c1-4-12(14)11-5-7-13(8-6-11)9-10(2)3/h10-11H,4-9H2,1-3H3. The molecule has 0 amide bonds. The molecule has 82 valence electrons. The van der Waals surface area contributed by atoms with Crippen molar-refractivity contribution in [2.24, 2.45) is 11.8 Å². The highest BCUT2D eigenvalue weighted by atomic mass is 16.1. The van der Waals surface area contributed by atoms with Crippen LogP contribution in [0, 0.1) is 11.8 Å². The van der Waals surface area contributed by atoms with Crippen LogP contribution < -0.4 is 0 Å². The Morgan fingerprint density at radius 1 is 1.36 bits per heavy atom. The van der Waals surface area contributed by atoms with Gasteiger partial charge in [-0.15, -0.1) is 0 Å². The summed E-state index contributed by atoms with van der Waals surface area (Å²) in [5, 5.41) is 0. The number of Topliss-reactive ketones (excluding diaryl/α,β-unsaturated/α-hetero) is 1. The molecule has 0 aromatic heterocycles. The minimum atomic E-state index is 0.364. The van der Waals surface area contributed by atoms with E-state index in [-0.39, 0.29) is 0 Å². The van der Waals surface area contributed by atoms with Gasteiger partial charge in [0.15, 0.2) is 0 Å². The Labute approximate surface area is 87.7 Å². The van der Waals surface area contributed by atoms with E-state index in [0.29, 0.717) is 11.7 Å². The van der Waals surface area contributed by atoms with Crippen molar-refractivity contribution in [3.05, 3.63) is 0 Å². The number of hydrogen-bond acceptors (Lipinski definition) is 2. The number of piperidine rings is 1. The number of hydrogen-bond donors (Lipinski definition) is 0. The maximum absolute atomic E-state index is 11.5. The summed E-state index contributed by atoms with van der Waals surface area (Å²) in [5.41, 5.74) is 0. The van der Waals surface area contributed by atoms with Crippen LogP contribution in [0.25, 0.3) is 0 Å². The molecule has 0 spiro atoms. The number of likely N-dealkylation sites (tertiary alicyclic amines) is 1. The number of carbonyl (C=O) groups is 1. The topological polar surface area (TPSA) is 20.3 Å². The van der Waals surface area contributed by atoms with E-state index in [1.807, 2.05) is 6.92 Å². The molecule has 0 unspecified atom stereocenters. The van der Waals surface area contributed by atoms with Crippen molar-refractivity contribution in [2.75, 3.05) is 19.6 Å². The molecular formula is C12H23NO. The van der Waals surface area contributed by atoms with Crippen LogP contribution in [0.3, 0.4) is 0 Å². The average molecular weight is 197 g/mol. The first-order valence-corrected chi connectivity index (χ1v) is 5.88. The van der Waals surface area contributed by atoms with Gasteiger partial charge >= 0.3 is 0 Å². The summed E-state index contributed by atoms with van der Waals surface area (Å²) in [5.74, 6) is 1.58. The van der Waals surface area contributed by atoms with Crippen LogP contribution in [-0.2, 0) is 4.79 Å². The third-order valence-electron chi connectivity index (χ3n) is 3.01. The zero-order chi connectivity index (χ0) is 10.6. The van der Waals surface area contributed by atoms with Crippen LogP contribution >= 0.6 is 0 Å².